The number of amides is 1. The fourth-order valence-corrected chi connectivity index (χ4v) is 1.86. The molecule has 0 bridgehead atoms. The number of hydrogen-bond acceptors (Lipinski definition) is 4. The van der Waals surface area contributed by atoms with Gasteiger partial charge in [-0.3, -0.25) is 9.59 Å². The summed E-state index contributed by atoms with van der Waals surface area (Å²) in [7, 11) is 0. The lowest BCUT2D eigenvalue weighted by Gasteiger charge is -2.08. The maximum Gasteiger partial charge on any atom is 0.293 e. The number of carbonyl (C=O) groups is 1. The van der Waals surface area contributed by atoms with Gasteiger partial charge in [-0.2, -0.15) is 0 Å². The molecule has 0 atom stereocenters. The Morgan fingerprint density at radius 3 is 2.83 bits per heavy atom. The van der Waals surface area contributed by atoms with Crippen LogP contribution in [0.3, 0.4) is 0 Å². The van der Waals surface area contributed by atoms with E-state index in [-0.39, 0.29) is 23.8 Å². The molecule has 1 heterocycles. The largest absolute Gasteiger partial charge is 0.356 e. The van der Waals surface area contributed by atoms with E-state index in [0.29, 0.717) is 12.1 Å². The standard InChI is InChI=1S/C12H16N4O2/c17-10(15-8-1-2-8)7-14-11-12(18)16(6-5-13-11)9-3-4-9/h5-6,8-9H,1-4,7H2,(H,13,14)(H,15,17). The molecule has 1 aromatic rings. The molecule has 2 saturated carbocycles. The summed E-state index contributed by atoms with van der Waals surface area (Å²) in [6.45, 7) is 0.105. The van der Waals surface area contributed by atoms with Gasteiger partial charge in [0.25, 0.3) is 5.56 Å². The summed E-state index contributed by atoms with van der Waals surface area (Å²) in [5, 5.41) is 5.67. The zero-order chi connectivity index (χ0) is 12.5. The Kier molecular flexibility index (Phi) is 2.77. The molecular weight excluding hydrogens is 232 g/mol. The molecule has 2 aliphatic rings. The minimum absolute atomic E-state index is 0.0828. The van der Waals surface area contributed by atoms with E-state index in [4.69, 9.17) is 0 Å². The molecule has 2 N–H and O–H groups in total. The quantitative estimate of drug-likeness (QED) is 0.784. The zero-order valence-corrected chi connectivity index (χ0v) is 10.1. The average molecular weight is 248 g/mol. The van der Waals surface area contributed by atoms with Gasteiger partial charge >= 0.3 is 0 Å². The van der Waals surface area contributed by atoms with Gasteiger partial charge in [0.15, 0.2) is 5.82 Å². The molecule has 3 rings (SSSR count). The van der Waals surface area contributed by atoms with Gasteiger partial charge in [0.1, 0.15) is 0 Å². The van der Waals surface area contributed by atoms with E-state index >= 15 is 0 Å². The molecule has 2 fully saturated rings. The highest BCUT2D eigenvalue weighted by atomic mass is 16.2. The van der Waals surface area contributed by atoms with Crippen molar-refractivity contribution in [3.05, 3.63) is 22.7 Å². The van der Waals surface area contributed by atoms with Gasteiger partial charge in [0, 0.05) is 24.5 Å². The van der Waals surface area contributed by atoms with Gasteiger partial charge in [-0.05, 0) is 25.7 Å². The second-order valence-corrected chi connectivity index (χ2v) is 4.91. The summed E-state index contributed by atoms with van der Waals surface area (Å²) in [6, 6.07) is 0.660. The number of anilines is 1. The highest BCUT2D eigenvalue weighted by molar-refractivity contribution is 5.80. The van der Waals surface area contributed by atoms with Crippen LogP contribution in [0.5, 0.6) is 0 Å². The van der Waals surface area contributed by atoms with Crippen molar-refractivity contribution in [1.29, 1.82) is 0 Å². The Labute approximate surface area is 104 Å². The van der Waals surface area contributed by atoms with E-state index in [0.717, 1.165) is 25.7 Å². The van der Waals surface area contributed by atoms with Crippen LogP contribution in [0.1, 0.15) is 31.7 Å². The first-order valence-electron chi connectivity index (χ1n) is 6.34. The van der Waals surface area contributed by atoms with E-state index in [1.807, 2.05) is 0 Å². The number of hydrogen-bond donors (Lipinski definition) is 2. The Bertz CT molecular complexity index is 517. The van der Waals surface area contributed by atoms with E-state index in [1.54, 1.807) is 17.0 Å². The van der Waals surface area contributed by atoms with Crippen LogP contribution in [-0.2, 0) is 4.79 Å². The summed E-state index contributed by atoms with van der Waals surface area (Å²) in [6.07, 6.45) is 7.51. The van der Waals surface area contributed by atoms with Crippen molar-refractivity contribution in [2.45, 2.75) is 37.8 Å². The summed E-state index contributed by atoms with van der Waals surface area (Å²) >= 11 is 0. The van der Waals surface area contributed by atoms with Gasteiger partial charge in [0.2, 0.25) is 5.91 Å². The first-order chi connectivity index (χ1) is 8.74. The van der Waals surface area contributed by atoms with Gasteiger partial charge in [-0.25, -0.2) is 4.98 Å². The Morgan fingerprint density at radius 2 is 2.17 bits per heavy atom. The second-order valence-electron chi connectivity index (χ2n) is 4.91. The Morgan fingerprint density at radius 1 is 1.39 bits per heavy atom. The summed E-state index contributed by atoms with van der Waals surface area (Å²) in [5.41, 5.74) is -0.140. The van der Waals surface area contributed by atoms with Gasteiger partial charge in [-0.1, -0.05) is 0 Å². The predicted molar refractivity (Wildman–Crippen MR) is 66.4 cm³/mol. The van der Waals surface area contributed by atoms with Crippen LogP contribution in [0, 0.1) is 0 Å². The lowest BCUT2D eigenvalue weighted by Crippen LogP contribution is -2.33. The van der Waals surface area contributed by atoms with Crippen molar-refractivity contribution in [3.63, 3.8) is 0 Å². The average Bonchev–Trinajstić information content (AvgIpc) is 3.21. The molecule has 96 valence electrons. The number of nitrogens with zero attached hydrogens (tertiary/aromatic N) is 2. The number of nitrogens with one attached hydrogen (secondary N) is 2. The van der Waals surface area contributed by atoms with Crippen molar-refractivity contribution in [2.75, 3.05) is 11.9 Å². The Hall–Kier alpha value is -1.85. The molecule has 0 spiro atoms. The SMILES string of the molecule is O=C(CNc1nccn(C2CC2)c1=O)NC1CC1. The smallest absolute Gasteiger partial charge is 0.293 e. The summed E-state index contributed by atoms with van der Waals surface area (Å²) < 4.78 is 1.69. The predicted octanol–water partition coefficient (Wildman–Crippen LogP) is 0.269. The lowest BCUT2D eigenvalue weighted by atomic mass is 10.5. The fourth-order valence-electron chi connectivity index (χ4n) is 1.86. The van der Waals surface area contributed by atoms with Crippen LogP contribution in [-0.4, -0.2) is 28.0 Å². The highest BCUT2D eigenvalue weighted by Gasteiger charge is 2.26. The van der Waals surface area contributed by atoms with Crippen LogP contribution in [0.15, 0.2) is 17.2 Å². The monoisotopic (exact) mass is 248 g/mol. The second kappa shape index (κ2) is 4.44. The highest BCUT2D eigenvalue weighted by Crippen LogP contribution is 2.33. The molecule has 0 radical (unpaired) electrons. The third-order valence-electron chi connectivity index (χ3n) is 3.17. The third-order valence-corrected chi connectivity index (χ3v) is 3.17. The number of carbonyl (C=O) groups excluding carboxylic acids is 1. The van der Waals surface area contributed by atoms with E-state index in [2.05, 4.69) is 15.6 Å². The Balaban J connectivity index is 1.62. The molecule has 0 unspecified atom stereocenters. The van der Waals surface area contributed by atoms with Crippen LogP contribution in [0.25, 0.3) is 0 Å². The van der Waals surface area contributed by atoms with Crippen LogP contribution >= 0.6 is 0 Å². The summed E-state index contributed by atoms with van der Waals surface area (Å²) in [5.74, 6) is 0.177. The fraction of sp³-hybridized carbons (Fsp3) is 0.583. The van der Waals surface area contributed by atoms with Crippen LogP contribution in [0.2, 0.25) is 0 Å². The van der Waals surface area contributed by atoms with Crippen LogP contribution in [0.4, 0.5) is 5.82 Å². The van der Waals surface area contributed by atoms with E-state index in [1.165, 1.54) is 0 Å². The molecule has 2 aliphatic carbocycles. The topological polar surface area (TPSA) is 76.0 Å². The zero-order valence-electron chi connectivity index (χ0n) is 10.1. The maximum absolute atomic E-state index is 12.0. The van der Waals surface area contributed by atoms with Crippen LogP contribution < -0.4 is 16.2 Å². The minimum Gasteiger partial charge on any atom is -0.356 e. The molecule has 0 aromatic carbocycles. The first-order valence-corrected chi connectivity index (χ1v) is 6.34. The molecule has 6 heteroatoms. The number of rotatable bonds is 5. The molecule has 6 nitrogen and oxygen atoms in total. The normalized spacial score (nSPS) is 18.4. The van der Waals surface area contributed by atoms with Gasteiger partial charge in [-0.15, -0.1) is 0 Å². The van der Waals surface area contributed by atoms with Crippen molar-refractivity contribution >= 4 is 11.7 Å². The van der Waals surface area contributed by atoms with Gasteiger partial charge < -0.3 is 15.2 Å². The third kappa shape index (κ3) is 2.52. The van der Waals surface area contributed by atoms with Crippen molar-refractivity contribution < 1.29 is 4.79 Å². The minimum atomic E-state index is -0.140. The van der Waals surface area contributed by atoms with E-state index < -0.39 is 0 Å². The van der Waals surface area contributed by atoms with Crippen molar-refractivity contribution in [3.8, 4) is 0 Å². The van der Waals surface area contributed by atoms with Crippen molar-refractivity contribution in [1.82, 2.24) is 14.9 Å². The first kappa shape index (κ1) is 11.3. The van der Waals surface area contributed by atoms with E-state index in [9.17, 15) is 9.59 Å². The molecule has 0 aliphatic heterocycles. The number of aromatic nitrogens is 2. The lowest BCUT2D eigenvalue weighted by molar-refractivity contribution is -0.119. The molecule has 0 saturated heterocycles. The molecule has 1 aromatic heterocycles. The molecular formula is C12H16N4O2. The summed E-state index contributed by atoms with van der Waals surface area (Å²) in [4.78, 5) is 27.5. The maximum atomic E-state index is 12.0. The van der Waals surface area contributed by atoms with Crippen molar-refractivity contribution in [2.24, 2.45) is 0 Å². The molecule has 18 heavy (non-hydrogen) atoms. The molecule has 1 amide bonds. The van der Waals surface area contributed by atoms with Gasteiger partial charge in [0.05, 0.1) is 6.54 Å².